The summed E-state index contributed by atoms with van der Waals surface area (Å²) in [5.41, 5.74) is 0. The van der Waals surface area contributed by atoms with Crippen molar-refractivity contribution in [2.75, 3.05) is 18.6 Å². The molecule has 0 aromatic heterocycles. The Kier molecular flexibility index (Phi) is 10.1. The van der Waals surface area contributed by atoms with Crippen LogP contribution in [-0.4, -0.2) is 18.6 Å². The molecule has 0 aromatic rings. The lowest BCUT2D eigenvalue weighted by Crippen LogP contribution is -1.91. The third-order valence-electron chi connectivity index (χ3n) is 1.25. The van der Waals surface area contributed by atoms with E-state index < -0.39 is 0 Å². The summed E-state index contributed by atoms with van der Waals surface area (Å²) in [6.07, 6.45) is 4.62. The summed E-state index contributed by atoms with van der Waals surface area (Å²) >= 11 is 10.8. The first-order valence-corrected chi connectivity index (χ1v) is 4.68. The zero-order valence-electron chi connectivity index (χ0n) is 6.11. The smallest absolute Gasteiger partial charge is 0.120 e. The topological polar surface area (TPSA) is 9.23 Å². The van der Waals surface area contributed by atoms with Gasteiger partial charge in [0.15, 0.2) is 0 Å². The van der Waals surface area contributed by atoms with Crippen LogP contribution in [0, 0.1) is 0 Å². The summed E-state index contributed by atoms with van der Waals surface area (Å²) in [7, 11) is 0. The molecular weight excluding hydrogens is 171 g/mol. The van der Waals surface area contributed by atoms with Crippen LogP contribution in [0.1, 0.15) is 25.7 Å². The maximum absolute atomic E-state index is 5.49. The van der Waals surface area contributed by atoms with Gasteiger partial charge in [0, 0.05) is 12.5 Å². The highest BCUT2D eigenvalue weighted by Gasteiger charge is 1.88. The summed E-state index contributed by atoms with van der Waals surface area (Å²) in [4.78, 5) is 0. The van der Waals surface area contributed by atoms with E-state index in [1.807, 2.05) is 0 Å². The molecule has 0 bridgehead atoms. The van der Waals surface area contributed by atoms with Crippen molar-refractivity contribution < 1.29 is 4.74 Å². The van der Waals surface area contributed by atoms with Crippen LogP contribution >= 0.6 is 23.2 Å². The average molecular weight is 185 g/mol. The van der Waals surface area contributed by atoms with Gasteiger partial charge in [-0.25, -0.2) is 0 Å². The molecule has 0 aromatic carbocycles. The van der Waals surface area contributed by atoms with E-state index in [2.05, 4.69) is 0 Å². The molecule has 0 N–H and O–H groups in total. The Morgan fingerprint density at radius 2 is 1.60 bits per heavy atom. The molecule has 0 saturated heterocycles. The molecule has 0 spiro atoms. The maximum atomic E-state index is 5.49. The fraction of sp³-hybridized carbons (Fsp3) is 1.00. The van der Waals surface area contributed by atoms with Crippen LogP contribution in [0.3, 0.4) is 0 Å². The Morgan fingerprint density at radius 1 is 0.900 bits per heavy atom. The Bertz CT molecular complexity index is 51.6. The van der Waals surface area contributed by atoms with Crippen LogP contribution < -0.4 is 0 Å². The molecule has 0 rings (SSSR count). The molecular formula is C7H14Cl2O. The molecule has 0 aliphatic heterocycles. The van der Waals surface area contributed by atoms with Crippen LogP contribution in [-0.2, 0) is 4.74 Å². The second-order valence-electron chi connectivity index (χ2n) is 2.12. The third-order valence-corrected chi connectivity index (χ3v) is 1.67. The molecule has 0 heterocycles. The second-order valence-corrected chi connectivity index (χ2v) is 2.72. The Labute approximate surface area is 72.6 Å². The molecule has 0 atom stereocenters. The van der Waals surface area contributed by atoms with Gasteiger partial charge in [0.2, 0.25) is 0 Å². The molecule has 0 unspecified atom stereocenters. The average Bonchev–Trinajstić information content (AvgIpc) is 1.97. The Morgan fingerprint density at radius 3 is 2.20 bits per heavy atom. The minimum Gasteiger partial charge on any atom is -0.366 e. The SMILES string of the molecule is ClCCCCCCOCCl. The van der Waals surface area contributed by atoms with Gasteiger partial charge in [-0.3, -0.25) is 0 Å². The fourth-order valence-electron chi connectivity index (χ4n) is 0.707. The lowest BCUT2D eigenvalue weighted by molar-refractivity contribution is 0.173. The second kappa shape index (κ2) is 9.54. The number of rotatable bonds is 7. The number of halogens is 2. The van der Waals surface area contributed by atoms with E-state index in [1.54, 1.807) is 0 Å². The van der Waals surface area contributed by atoms with Gasteiger partial charge in [0.05, 0.1) is 0 Å². The summed E-state index contributed by atoms with van der Waals surface area (Å²) in [5.74, 6) is 0.774. The number of hydrogen-bond acceptors (Lipinski definition) is 1. The molecule has 0 aliphatic rings. The number of alkyl halides is 2. The van der Waals surface area contributed by atoms with E-state index in [0.29, 0.717) is 6.07 Å². The van der Waals surface area contributed by atoms with E-state index in [9.17, 15) is 0 Å². The Hall–Kier alpha value is 0.540. The normalized spacial score (nSPS) is 10.2. The zero-order valence-corrected chi connectivity index (χ0v) is 7.63. The van der Waals surface area contributed by atoms with Crippen LogP contribution in [0.25, 0.3) is 0 Å². The molecule has 1 nitrogen and oxygen atoms in total. The van der Waals surface area contributed by atoms with E-state index >= 15 is 0 Å². The molecule has 0 aliphatic carbocycles. The fourth-order valence-corrected chi connectivity index (χ4v) is 1.00. The van der Waals surface area contributed by atoms with Crippen molar-refractivity contribution in [3.8, 4) is 0 Å². The summed E-state index contributed by atoms with van der Waals surface area (Å²) < 4.78 is 4.95. The Balaban J connectivity index is 2.65. The first-order chi connectivity index (χ1) is 4.91. The highest BCUT2D eigenvalue weighted by Crippen LogP contribution is 2.01. The van der Waals surface area contributed by atoms with Gasteiger partial charge < -0.3 is 4.74 Å². The lowest BCUT2D eigenvalue weighted by atomic mass is 10.2. The third kappa shape index (κ3) is 8.54. The van der Waals surface area contributed by atoms with Crippen LogP contribution in [0.2, 0.25) is 0 Å². The van der Waals surface area contributed by atoms with Gasteiger partial charge >= 0.3 is 0 Å². The van der Waals surface area contributed by atoms with Gasteiger partial charge in [0.1, 0.15) is 6.07 Å². The van der Waals surface area contributed by atoms with Crippen molar-refractivity contribution in [1.29, 1.82) is 0 Å². The highest BCUT2D eigenvalue weighted by atomic mass is 35.5. The zero-order chi connectivity index (χ0) is 7.66. The van der Waals surface area contributed by atoms with E-state index in [1.165, 1.54) is 12.8 Å². The quantitative estimate of drug-likeness (QED) is 0.437. The van der Waals surface area contributed by atoms with Gasteiger partial charge in [-0.05, 0) is 12.8 Å². The summed E-state index contributed by atoms with van der Waals surface area (Å²) in [6, 6.07) is 0.315. The van der Waals surface area contributed by atoms with Gasteiger partial charge in [-0.15, -0.1) is 11.6 Å². The number of unbranched alkanes of at least 4 members (excludes halogenated alkanes) is 3. The van der Waals surface area contributed by atoms with Crippen molar-refractivity contribution in [2.45, 2.75) is 25.7 Å². The molecule has 3 heteroatoms. The van der Waals surface area contributed by atoms with E-state index in [4.69, 9.17) is 27.9 Å². The monoisotopic (exact) mass is 184 g/mol. The molecule has 0 fully saturated rings. The van der Waals surface area contributed by atoms with Gasteiger partial charge in [-0.2, -0.15) is 0 Å². The van der Waals surface area contributed by atoms with Gasteiger partial charge in [0.25, 0.3) is 0 Å². The van der Waals surface area contributed by atoms with Crippen molar-refractivity contribution >= 4 is 23.2 Å². The number of hydrogen-bond donors (Lipinski definition) is 0. The van der Waals surface area contributed by atoms with Gasteiger partial charge in [-0.1, -0.05) is 24.4 Å². The van der Waals surface area contributed by atoms with Crippen LogP contribution in [0.5, 0.6) is 0 Å². The standard InChI is InChI=1S/C7H14Cl2O/c8-5-3-1-2-4-6-10-7-9/h1-7H2. The lowest BCUT2D eigenvalue weighted by Gasteiger charge is -1.98. The first-order valence-electron chi connectivity index (χ1n) is 3.61. The van der Waals surface area contributed by atoms with E-state index in [0.717, 1.165) is 25.3 Å². The molecule has 10 heavy (non-hydrogen) atoms. The van der Waals surface area contributed by atoms with Crippen molar-refractivity contribution in [2.24, 2.45) is 0 Å². The molecule has 0 amide bonds. The van der Waals surface area contributed by atoms with Crippen LogP contribution in [0.4, 0.5) is 0 Å². The van der Waals surface area contributed by atoms with Crippen molar-refractivity contribution in [3.05, 3.63) is 0 Å². The maximum Gasteiger partial charge on any atom is 0.120 e. The molecule has 62 valence electrons. The largest absolute Gasteiger partial charge is 0.366 e. The summed E-state index contributed by atoms with van der Waals surface area (Å²) in [6.45, 7) is 0.784. The predicted octanol–water partition coefficient (Wildman–Crippen LogP) is 3.00. The predicted molar refractivity (Wildman–Crippen MR) is 45.9 cm³/mol. The van der Waals surface area contributed by atoms with E-state index in [-0.39, 0.29) is 0 Å². The number of ether oxygens (including phenoxy) is 1. The minimum absolute atomic E-state index is 0.315. The first kappa shape index (κ1) is 10.5. The van der Waals surface area contributed by atoms with Crippen LogP contribution in [0.15, 0.2) is 0 Å². The minimum atomic E-state index is 0.315. The van der Waals surface area contributed by atoms with Crippen molar-refractivity contribution in [1.82, 2.24) is 0 Å². The van der Waals surface area contributed by atoms with Crippen molar-refractivity contribution in [3.63, 3.8) is 0 Å². The molecule has 0 radical (unpaired) electrons. The molecule has 0 saturated carbocycles. The summed E-state index contributed by atoms with van der Waals surface area (Å²) in [5, 5.41) is 0. The highest BCUT2D eigenvalue weighted by molar-refractivity contribution is 6.17.